The Bertz CT molecular complexity index is 545. The number of carbonyl (C=O) groups excluding carboxylic acids is 1. The van der Waals surface area contributed by atoms with E-state index in [0.29, 0.717) is 18.1 Å². The maximum Gasteiger partial charge on any atom is 0.247 e. The molecule has 0 aliphatic heterocycles. The van der Waals surface area contributed by atoms with E-state index in [0.717, 1.165) is 18.5 Å². The predicted molar refractivity (Wildman–Crippen MR) is 69.1 cm³/mol. The lowest BCUT2D eigenvalue weighted by Crippen LogP contribution is -2.19. The number of nitrogens with one attached hydrogen (secondary N) is 2. The highest BCUT2D eigenvalue weighted by atomic mass is 16.2. The Morgan fingerprint density at radius 2 is 2.42 bits per heavy atom. The number of rotatable bonds is 6. The van der Waals surface area contributed by atoms with Crippen molar-refractivity contribution in [3.63, 3.8) is 0 Å². The van der Waals surface area contributed by atoms with Crippen LogP contribution in [0.5, 0.6) is 0 Å². The lowest BCUT2D eigenvalue weighted by atomic mass is 10.2. The standard InChI is InChI=1S/C11H17N7O/c1-2-3-8-4-10(16-14-8)13-11(19)7-18-6-9(5-12)15-17-18/h4,6H,2-3,5,7,12H2,1H3,(H2,13,14,16,19). The molecule has 8 heteroatoms. The fourth-order valence-electron chi connectivity index (χ4n) is 1.66. The molecule has 8 nitrogen and oxygen atoms in total. The molecule has 0 saturated carbocycles. The minimum atomic E-state index is -0.206. The molecule has 0 spiro atoms. The van der Waals surface area contributed by atoms with Crippen molar-refractivity contribution in [3.8, 4) is 0 Å². The van der Waals surface area contributed by atoms with E-state index in [2.05, 4.69) is 32.7 Å². The normalized spacial score (nSPS) is 10.6. The molecule has 2 aromatic rings. The number of H-pyrrole nitrogens is 1. The summed E-state index contributed by atoms with van der Waals surface area (Å²) >= 11 is 0. The van der Waals surface area contributed by atoms with Gasteiger partial charge in [0.25, 0.3) is 0 Å². The summed E-state index contributed by atoms with van der Waals surface area (Å²) < 4.78 is 1.44. The molecule has 19 heavy (non-hydrogen) atoms. The van der Waals surface area contributed by atoms with Crippen LogP contribution in [-0.4, -0.2) is 31.1 Å². The van der Waals surface area contributed by atoms with Gasteiger partial charge in [-0.2, -0.15) is 5.10 Å². The SMILES string of the molecule is CCCc1cc(NC(=O)Cn2cc(CN)nn2)n[nH]1. The van der Waals surface area contributed by atoms with Gasteiger partial charge in [-0.15, -0.1) is 5.10 Å². The number of aryl methyl sites for hydroxylation is 1. The Labute approximate surface area is 110 Å². The first-order chi connectivity index (χ1) is 9.21. The largest absolute Gasteiger partial charge is 0.325 e. The molecule has 2 rings (SSSR count). The van der Waals surface area contributed by atoms with Gasteiger partial charge in [0, 0.05) is 18.3 Å². The lowest BCUT2D eigenvalue weighted by molar-refractivity contribution is -0.116. The summed E-state index contributed by atoms with van der Waals surface area (Å²) in [6.45, 7) is 2.48. The number of carbonyl (C=O) groups is 1. The molecule has 0 aliphatic carbocycles. The quantitative estimate of drug-likeness (QED) is 0.681. The molecular formula is C11H17N7O. The van der Waals surface area contributed by atoms with Crippen molar-refractivity contribution in [2.75, 3.05) is 5.32 Å². The van der Waals surface area contributed by atoms with Crippen molar-refractivity contribution >= 4 is 11.7 Å². The molecule has 0 radical (unpaired) electrons. The Balaban J connectivity index is 1.89. The van der Waals surface area contributed by atoms with E-state index >= 15 is 0 Å². The van der Waals surface area contributed by atoms with Crippen molar-refractivity contribution in [1.82, 2.24) is 25.2 Å². The van der Waals surface area contributed by atoms with E-state index in [1.165, 1.54) is 4.68 Å². The maximum atomic E-state index is 11.8. The summed E-state index contributed by atoms with van der Waals surface area (Å²) in [7, 11) is 0. The number of aromatic amines is 1. The van der Waals surface area contributed by atoms with Gasteiger partial charge in [-0.05, 0) is 6.42 Å². The first-order valence-corrected chi connectivity index (χ1v) is 6.14. The van der Waals surface area contributed by atoms with Crippen LogP contribution in [-0.2, 0) is 24.3 Å². The molecule has 4 N–H and O–H groups in total. The summed E-state index contributed by atoms with van der Waals surface area (Å²) in [5, 5.41) is 17.2. The number of hydrogen-bond donors (Lipinski definition) is 3. The number of aromatic nitrogens is 5. The fourth-order valence-corrected chi connectivity index (χ4v) is 1.66. The van der Waals surface area contributed by atoms with Gasteiger partial charge in [-0.1, -0.05) is 18.6 Å². The second-order valence-corrected chi connectivity index (χ2v) is 4.19. The zero-order valence-corrected chi connectivity index (χ0v) is 10.8. The zero-order chi connectivity index (χ0) is 13.7. The Morgan fingerprint density at radius 3 is 3.11 bits per heavy atom. The Kier molecular flexibility index (Phi) is 4.24. The highest BCUT2D eigenvalue weighted by Crippen LogP contribution is 2.07. The van der Waals surface area contributed by atoms with Gasteiger partial charge < -0.3 is 11.1 Å². The first kappa shape index (κ1) is 13.2. The first-order valence-electron chi connectivity index (χ1n) is 6.14. The average molecular weight is 263 g/mol. The minimum Gasteiger partial charge on any atom is -0.325 e. The van der Waals surface area contributed by atoms with Crippen LogP contribution < -0.4 is 11.1 Å². The summed E-state index contributed by atoms with van der Waals surface area (Å²) in [6.07, 6.45) is 3.58. The molecule has 1 amide bonds. The molecule has 0 unspecified atom stereocenters. The second kappa shape index (κ2) is 6.10. The van der Waals surface area contributed by atoms with Crippen molar-refractivity contribution in [2.24, 2.45) is 5.73 Å². The van der Waals surface area contributed by atoms with E-state index in [4.69, 9.17) is 5.73 Å². The molecule has 0 bridgehead atoms. The molecule has 0 aliphatic rings. The van der Waals surface area contributed by atoms with Gasteiger partial charge >= 0.3 is 0 Å². The van der Waals surface area contributed by atoms with E-state index < -0.39 is 0 Å². The molecule has 0 aromatic carbocycles. The van der Waals surface area contributed by atoms with Crippen molar-refractivity contribution < 1.29 is 4.79 Å². The predicted octanol–water partition coefficient (Wildman–Crippen LogP) is 0.0511. The highest BCUT2D eigenvalue weighted by molar-refractivity contribution is 5.89. The van der Waals surface area contributed by atoms with Crippen LogP contribution in [0.4, 0.5) is 5.82 Å². The van der Waals surface area contributed by atoms with Crippen LogP contribution in [0.1, 0.15) is 24.7 Å². The van der Waals surface area contributed by atoms with Crippen LogP contribution in [0.3, 0.4) is 0 Å². The monoisotopic (exact) mass is 263 g/mol. The third-order valence-electron chi connectivity index (χ3n) is 2.52. The summed E-state index contributed by atoms with van der Waals surface area (Å²) in [5.74, 6) is 0.315. The smallest absolute Gasteiger partial charge is 0.247 e. The Hall–Kier alpha value is -2.22. The van der Waals surface area contributed by atoms with Gasteiger partial charge in [0.15, 0.2) is 5.82 Å². The van der Waals surface area contributed by atoms with Gasteiger partial charge in [0.05, 0.1) is 11.9 Å². The molecule has 2 aromatic heterocycles. The van der Waals surface area contributed by atoms with Crippen molar-refractivity contribution in [2.45, 2.75) is 32.9 Å². The molecular weight excluding hydrogens is 246 g/mol. The topological polar surface area (TPSA) is 115 Å². The average Bonchev–Trinajstić information content (AvgIpc) is 2.99. The third-order valence-corrected chi connectivity index (χ3v) is 2.52. The van der Waals surface area contributed by atoms with Gasteiger partial charge in [-0.25, -0.2) is 4.68 Å². The van der Waals surface area contributed by atoms with Crippen LogP contribution in [0, 0.1) is 0 Å². The van der Waals surface area contributed by atoms with E-state index in [1.807, 2.05) is 6.07 Å². The molecule has 0 saturated heterocycles. The van der Waals surface area contributed by atoms with Crippen LogP contribution >= 0.6 is 0 Å². The zero-order valence-electron chi connectivity index (χ0n) is 10.8. The van der Waals surface area contributed by atoms with Gasteiger partial charge in [0.1, 0.15) is 6.54 Å². The number of hydrogen-bond acceptors (Lipinski definition) is 5. The fraction of sp³-hybridized carbons (Fsp3) is 0.455. The third kappa shape index (κ3) is 3.62. The van der Waals surface area contributed by atoms with Gasteiger partial charge in [0.2, 0.25) is 5.91 Å². The van der Waals surface area contributed by atoms with Crippen LogP contribution in [0.2, 0.25) is 0 Å². The molecule has 2 heterocycles. The summed E-state index contributed by atoms with van der Waals surface area (Å²) in [5.41, 5.74) is 7.07. The van der Waals surface area contributed by atoms with Crippen LogP contribution in [0.15, 0.2) is 12.3 Å². The number of nitrogens with two attached hydrogens (primary N) is 1. The number of amides is 1. The summed E-state index contributed by atoms with van der Waals surface area (Å²) in [6, 6.07) is 1.83. The van der Waals surface area contributed by atoms with E-state index in [9.17, 15) is 4.79 Å². The second-order valence-electron chi connectivity index (χ2n) is 4.19. The highest BCUT2D eigenvalue weighted by Gasteiger charge is 2.08. The van der Waals surface area contributed by atoms with Gasteiger partial charge in [-0.3, -0.25) is 9.89 Å². The number of nitrogens with zero attached hydrogens (tertiary/aromatic N) is 4. The summed E-state index contributed by atoms with van der Waals surface area (Å²) in [4.78, 5) is 11.8. The van der Waals surface area contributed by atoms with Crippen molar-refractivity contribution in [3.05, 3.63) is 23.7 Å². The molecule has 0 fully saturated rings. The molecule has 102 valence electrons. The maximum absolute atomic E-state index is 11.8. The minimum absolute atomic E-state index is 0.0863. The van der Waals surface area contributed by atoms with E-state index in [1.54, 1.807) is 6.20 Å². The molecule has 0 atom stereocenters. The van der Waals surface area contributed by atoms with Crippen molar-refractivity contribution in [1.29, 1.82) is 0 Å². The van der Waals surface area contributed by atoms with Crippen LogP contribution in [0.25, 0.3) is 0 Å². The number of anilines is 1. The van der Waals surface area contributed by atoms with E-state index in [-0.39, 0.29) is 12.5 Å². The Morgan fingerprint density at radius 1 is 1.58 bits per heavy atom. The lowest BCUT2D eigenvalue weighted by Gasteiger charge is -2.00.